The molecule has 144 valence electrons. The molecule has 1 aromatic carbocycles. The number of fused-ring (bicyclic) bond motifs is 1. The van der Waals surface area contributed by atoms with Crippen molar-refractivity contribution in [2.45, 2.75) is 0 Å². The smallest absolute Gasteiger partial charge is 0.271 e. The van der Waals surface area contributed by atoms with E-state index in [0.717, 1.165) is 17.4 Å². The number of nitrogens with zero attached hydrogens (tertiary/aromatic N) is 5. The Hall–Kier alpha value is -4.07. The van der Waals surface area contributed by atoms with Gasteiger partial charge in [-0.25, -0.2) is 9.50 Å². The summed E-state index contributed by atoms with van der Waals surface area (Å²) in [5.74, 6) is 0.253. The molecule has 29 heavy (non-hydrogen) atoms. The van der Waals surface area contributed by atoms with Gasteiger partial charge in [-0.15, -0.1) is 5.10 Å². The van der Waals surface area contributed by atoms with Crippen LogP contribution in [0.25, 0.3) is 16.8 Å². The Bertz CT molecular complexity index is 1180. The van der Waals surface area contributed by atoms with E-state index in [0.29, 0.717) is 28.5 Å². The number of carbonyl (C=O) groups excluding carboxylic acids is 2. The molecule has 0 unspecified atom stereocenters. The first-order valence-corrected chi connectivity index (χ1v) is 8.91. The summed E-state index contributed by atoms with van der Waals surface area (Å²) in [5.41, 5.74) is 4.18. The second-order valence-electron chi connectivity index (χ2n) is 6.62. The molecule has 3 heterocycles. The zero-order valence-electron chi connectivity index (χ0n) is 15.9. The summed E-state index contributed by atoms with van der Waals surface area (Å²) in [6.45, 7) is 0. The fourth-order valence-corrected chi connectivity index (χ4v) is 2.88. The van der Waals surface area contributed by atoms with Crippen LogP contribution in [0.2, 0.25) is 0 Å². The molecule has 4 aromatic rings. The van der Waals surface area contributed by atoms with E-state index in [9.17, 15) is 9.59 Å². The molecule has 8 heteroatoms. The van der Waals surface area contributed by atoms with Crippen LogP contribution >= 0.6 is 0 Å². The van der Waals surface area contributed by atoms with Gasteiger partial charge in [-0.05, 0) is 29.8 Å². The number of hydrogen-bond acceptors (Lipinski definition) is 6. The largest absolute Gasteiger partial charge is 0.343 e. The maximum Gasteiger partial charge on any atom is 0.271 e. The van der Waals surface area contributed by atoms with Crippen LogP contribution in [0.3, 0.4) is 0 Å². The Morgan fingerprint density at radius 1 is 1.10 bits per heavy atom. The molecule has 0 fully saturated rings. The SMILES string of the molecule is CN(C)C(=O)c1ccc(Nc2nc3c(-c4ccc(C=O)cc4)cccn3n2)cn1. The lowest BCUT2D eigenvalue weighted by Crippen LogP contribution is -2.22. The van der Waals surface area contributed by atoms with Gasteiger partial charge in [0.1, 0.15) is 12.0 Å². The van der Waals surface area contributed by atoms with E-state index >= 15 is 0 Å². The summed E-state index contributed by atoms with van der Waals surface area (Å²) in [6.07, 6.45) is 4.20. The van der Waals surface area contributed by atoms with E-state index in [4.69, 9.17) is 0 Å². The van der Waals surface area contributed by atoms with E-state index in [1.54, 1.807) is 49.1 Å². The minimum Gasteiger partial charge on any atom is -0.343 e. The van der Waals surface area contributed by atoms with Crippen LogP contribution < -0.4 is 5.32 Å². The first-order chi connectivity index (χ1) is 14.0. The lowest BCUT2D eigenvalue weighted by atomic mass is 10.1. The average Bonchev–Trinajstić information content (AvgIpc) is 3.16. The van der Waals surface area contributed by atoms with Crippen molar-refractivity contribution in [3.8, 4) is 11.1 Å². The van der Waals surface area contributed by atoms with Crippen LogP contribution in [-0.4, -0.2) is 50.8 Å². The molecule has 1 N–H and O–H groups in total. The average molecular weight is 386 g/mol. The Balaban J connectivity index is 1.62. The highest BCUT2D eigenvalue weighted by molar-refractivity contribution is 5.92. The van der Waals surface area contributed by atoms with Crippen molar-refractivity contribution in [3.05, 3.63) is 72.2 Å². The van der Waals surface area contributed by atoms with Gasteiger partial charge in [0, 0.05) is 31.4 Å². The molecule has 0 saturated heterocycles. The van der Waals surface area contributed by atoms with Crippen LogP contribution in [0.5, 0.6) is 0 Å². The number of carbonyl (C=O) groups is 2. The number of aromatic nitrogens is 4. The molecule has 0 atom stereocenters. The van der Waals surface area contributed by atoms with Gasteiger partial charge in [0.2, 0.25) is 5.95 Å². The Morgan fingerprint density at radius 3 is 2.55 bits per heavy atom. The van der Waals surface area contributed by atoms with Gasteiger partial charge in [-0.1, -0.05) is 24.3 Å². The van der Waals surface area contributed by atoms with Gasteiger partial charge >= 0.3 is 0 Å². The van der Waals surface area contributed by atoms with Crippen molar-refractivity contribution in [2.24, 2.45) is 0 Å². The number of amides is 1. The normalized spacial score (nSPS) is 10.7. The van der Waals surface area contributed by atoms with E-state index in [1.807, 2.05) is 30.5 Å². The molecule has 0 aliphatic heterocycles. The summed E-state index contributed by atoms with van der Waals surface area (Å²) in [4.78, 5) is 33.1. The van der Waals surface area contributed by atoms with E-state index < -0.39 is 0 Å². The maximum absolute atomic E-state index is 11.9. The zero-order valence-corrected chi connectivity index (χ0v) is 15.9. The molecule has 1 amide bonds. The second kappa shape index (κ2) is 7.51. The van der Waals surface area contributed by atoms with Crippen molar-refractivity contribution in [1.29, 1.82) is 0 Å². The summed E-state index contributed by atoms with van der Waals surface area (Å²) in [5, 5.41) is 7.56. The van der Waals surface area contributed by atoms with Crippen LogP contribution in [0, 0.1) is 0 Å². The molecule has 8 nitrogen and oxygen atoms in total. The van der Waals surface area contributed by atoms with Gasteiger partial charge in [-0.2, -0.15) is 4.98 Å². The third kappa shape index (κ3) is 3.68. The van der Waals surface area contributed by atoms with Gasteiger partial charge in [0.25, 0.3) is 5.91 Å². The topological polar surface area (TPSA) is 92.5 Å². The Labute approximate surface area is 166 Å². The predicted molar refractivity (Wildman–Crippen MR) is 109 cm³/mol. The summed E-state index contributed by atoms with van der Waals surface area (Å²) in [6, 6.07) is 14.5. The fourth-order valence-electron chi connectivity index (χ4n) is 2.88. The highest BCUT2D eigenvalue weighted by Crippen LogP contribution is 2.25. The highest BCUT2D eigenvalue weighted by atomic mass is 16.2. The summed E-state index contributed by atoms with van der Waals surface area (Å²) < 4.78 is 1.68. The first-order valence-electron chi connectivity index (χ1n) is 8.91. The van der Waals surface area contributed by atoms with Crippen LogP contribution in [0.15, 0.2) is 60.9 Å². The third-order valence-corrected chi connectivity index (χ3v) is 4.37. The molecule has 0 spiro atoms. The molecule has 3 aromatic heterocycles. The minimum atomic E-state index is -0.160. The van der Waals surface area contributed by atoms with Gasteiger partial charge in [0.15, 0.2) is 5.65 Å². The minimum absolute atomic E-state index is 0.160. The molecule has 0 aliphatic rings. The molecule has 4 rings (SSSR count). The molecule has 0 aliphatic carbocycles. The maximum atomic E-state index is 11.9. The number of pyridine rings is 2. The van der Waals surface area contributed by atoms with E-state index in [1.165, 1.54) is 4.90 Å². The van der Waals surface area contributed by atoms with Gasteiger partial charge < -0.3 is 10.2 Å². The number of benzene rings is 1. The quantitative estimate of drug-likeness (QED) is 0.530. The lowest BCUT2D eigenvalue weighted by molar-refractivity contribution is 0.0822. The zero-order chi connectivity index (χ0) is 20.4. The fraction of sp³-hybridized carbons (Fsp3) is 0.0952. The number of nitrogens with one attached hydrogen (secondary N) is 1. The van der Waals surface area contributed by atoms with Crippen LogP contribution in [0.1, 0.15) is 20.8 Å². The Kier molecular flexibility index (Phi) is 4.74. The number of aldehydes is 1. The van der Waals surface area contributed by atoms with Crippen molar-refractivity contribution >= 4 is 29.5 Å². The third-order valence-electron chi connectivity index (χ3n) is 4.37. The molecular weight excluding hydrogens is 368 g/mol. The summed E-state index contributed by atoms with van der Waals surface area (Å²) in [7, 11) is 3.36. The van der Waals surface area contributed by atoms with Crippen molar-refractivity contribution in [3.63, 3.8) is 0 Å². The van der Waals surface area contributed by atoms with Crippen molar-refractivity contribution in [1.82, 2.24) is 24.5 Å². The number of hydrogen-bond donors (Lipinski definition) is 1. The lowest BCUT2D eigenvalue weighted by Gasteiger charge is -2.09. The molecule has 0 bridgehead atoms. The predicted octanol–water partition coefficient (Wildman–Crippen LogP) is 3.05. The first kappa shape index (κ1) is 18.3. The Morgan fingerprint density at radius 2 is 1.90 bits per heavy atom. The van der Waals surface area contributed by atoms with E-state index in [2.05, 4.69) is 20.4 Å². The van der Waals surface area contributed by atoms with Crippen LogP contribution in [0.4, 0.5) is 11.6 Å². The second-order valence-corrected chi connectivity index (χ2v) is 6.62. The molecule has 0 saturated carbocycles. The van der Waals surface area contributed by atoms with E-state index in [-0.39, 0.29) is 5.91 Å². The van der Waals surface area contributed by atoms with Gasteiger partial charge in [0.05, 0.1) is 11.9 Å². The number of rotatable bonds is 5. The van der Waals surface area contributed by atoms with Crippen LogP contribution in [-0.2, 0) is 0 Å². The van der Waals surface area contributed by atoms with Crippen molar-refractivity contribution < 1.29 is 9.59 Å². The van der Waals surface area contributed by atoms with Crippen molar-refractivity contribution in [2.75, 3.05) is 19.4 Å². The highest BCUT2D eigenvalue weighted by Gasteiger charge is 2.12. The van der Waals surface area contributed by atoms with Gasteiger partial charge in [-0.3, -0.25) is 9.59 Å². The monoisotopic (exact) mass is 386 g/mol. The summed E-state index contributed by atoms with van der Waals surface area (Å²) >= 11 is 0. The molecule has 0 radical (unpaired) electrons. The molecular formula is C21H18N6O2. The standard InChI is InChI=1S/C21H18N6O2/c1-26(2)20(29)18-10-9-16(12-22-18)23-21-24-19-17(4-3-11-27(19)25-21)15-7-5-14(13-28)6-8-15/h3-13H,1-2H3,(H,23,25). The number of anilines is 2.